The van der Waals surface area contributed by atoms with Crippen molar-refractivity contribution < 1.29 is 9.90 Å². The van der Waals surface area contributed by atoms with Crippen LogP contribution in [0.3, 0.4) is 0 Å². The second kappa shape index (κ2) is 6.96. The van der Waals surface area contributed by atoms with Gasteiger partial charge >= 0.3 is 0 Å². The summed E-state index contributed by atoms with van der Waals surface area (Å²) in [4.78, 5) is 13.2. The first kappa shape index (κ1) is 14.6. The Morgan fingerprint density at radius 2 is 2.07 bits per heavy atom. The van der Waals surface area contributed by atoms with Crippen LogP contribution < -0.4 is 0 Å². The van der Waals surface area contributed by atoms with E-state index in [-0.39, 0.29) is 12.0 Å². The van der Waals surface area contributed by atoms with Gasteiger partial charge in [0.25, 0.3) is 0 Å². The summed E-state index contributed by atoms with van der Waals surface area (Å²) in [7, 11) is 0. The number of rotatable bonds is 8. The number of hydrogen-bond acceptors (Lipinski definition) is 3. The van der Waals surface area contributed by atoms with Gasteiger partial charge in [0.15, 0.2) is 0 Å². The van der Waals surface area contributed by atoms with Crippen LogP contribution in [0.4, 0.5) is 0 Å². The average molecular weight is 215 g/mol. The van der Waals surface area contributed by atoms with Crippen LogP contribution in [0.15, 0.2) is 0 Å². The Kier molecular flexibility index (Phi) is 6.77. The zero-order valence-electron chi connectivity index (χ0n) is 10.5. The Morgan fingerprint density at radius 1 is 1.47 bits per heavy atom. The van der Waals surface area contributed by atoms with E-state index in [1.165, 1.54) is 0 Å². The molecule has 15 heavy (non-hydrogen) atoms. The molecule has 0 amide bonds. The van der Waals surface area contributed by atoms with Crippen molar-refractivity contribution in [3.05, 3.63) is 0 Å². The van der Waals surface area contributed by atoms with Gasteiger partial charge in [-0.2, -0.15) is 0 Å². The largest absolute Gasteiger partial charge is 0.395 e. The summed E-state index contributed by atoms with van der Waals surface area (Å²) >= 11 is 0. The Hall–Kier alpha value is -0.410. The molecule has 90 valence electrons. The molecule has 0 aliphatic carbocycles. The van der Waals surface area contributed by atoms with Crippen LogP contribution in [-0.4, -0.2) is 42.0 Å². The number of carbonyl (C=O) groups excluding carboxylic acids is 1. The van der Waals surface area contributed by atoms with Crippen molar-refractivity contribution in [1.82, 2.24) is 4.90 Å². The third-order valence-electron chi connectivity index (χ3n) is 2.79. The number of hydrogen-bond donors (Lipinski definition) is 1. The highest BCUT2D eigenvalue weighted by atomic mass is 16.3. The van der Waals surface area contributed by atoms with E-state index in [0.29, 0.717) is 12.6 Å². The molecule has 1 N–H and O–H groups in total. The lowest BCUT2D eigenvalue weighted by Gasteiger charge is -2.33. The third-order valence-corrected chi connectivity index (χ3v) is 2.79. The molecule has 1 unspecified atom stereocenters. The molecule has 0 radical (unpaired) electrons. The third kappa shape index (κ3) is 5.28. The number of aldehydes is 1. The molecule has 0 saturated carbocycles. The highest BCUT2D eigenvalue weighted by molar-refractivity contribution is 5.59. The van der Waals surface area contributed by atoms with Crippen LogP contribution in [0.2, 0.25) is 0 Å². The molecule has 0 aliphatic rings. The summed E-state index contributed by atoms with van der Waals surface area (Å²) in [5.74, 6) is 0. The molecule has 3 nitrogen and oxygen atoms in total. The second-order valence-electron chi connectivity index (χ2n) is 4.81. The Balaban J connectivity index is 4.39. The van der Waals surface area contributed by atoms with E-state index in [1.54, 1.807) is 0 Å². The van der Waals surface area contributed by atoms with Crippen molar-refractivity contribution in [1.29, 1.82) is 0 Å². The fraction of sp³-hybridized carbons (Fsp3) is 0.917. The smallest absolute Gasteiger partial charge is 0.127 e. The number of aliphatic hydroxyl groups is 1. The first-order valence-corrected chi connectivity index (χ1v) is 5.80. The van der Waals surface area contributed by atoms with Crippen LogP contribution in [-0.2, 0) is 4.79 Å². The van der Waals surface area contributed by atoms with E-state index < -0.39 is 0 Å². The molecular weight excluding hydrogens is 190 g/mol. The number of nitrogens with zero attached hydrogens (tertiary/aromatic N) is 1. The maximum atomic E-state index is 11.1. The molecule has 0 rings (SSSR count). The van der Waals surface area contributed by atoms with Crippen LogP contribution >= 0.6 is 0 Å². The molecule has 0 aromatic carbocycles. The Morgan fingerprint density at radius 3 is 2.40 bits per heavy atom. The lowest BCUT2D eigenvalue weighted by atomic mass is 9.86. The fourth-order valence-electron chi connectivity index (χ4n) is 1.86. The first-order chi connectivity index (χ1) is 6.99. The molecule has 0 aromatic rings. The normalized spacial score (nSPS) is 15.7. The molecule has 0 heterocycles. The van der Waals surface area contributed by atoms with Gasteiger partial charge < -0.3 is 9.90 Å². The zero-order valence-corrected chi connectivity index (χ0v) is 10.5. The van der Waals surface area contributed by atoms with Gasteiger partial charge in [0, 0.05) is 24.5 Å². The monoisotopic (exact) mass is 215 g/mol. The lowest BCUT2D eigenvalue weighted by Crippen LogP contribution is -2.42. The van der Waals surface area contributed by atoms with Crippen molar-refractivity contribution in [3.63, 3.8) is 0 Å². The summed E-state index contributed by atoms with van der Waals surface area (Å²) in [6, 6.07) is 0.369. The minimum Gasteiger partial charge on any atom is -0.395 e. The van der Waals surface area contributed by atoms with Gasteiger partial charge in [0.2, 0.25) is 0 Å². The van der Waals surface area contributed by atoms with Crippen molar-refractivity contribution in [2.75, 3.05) is 19.7 Å². The minimum absolute atomic E-state index is 0.152. The predicted octanol–water partition coefficient (Wildman–Crippen LogP) is 1.69. The molecule has 0 aromatic heterocycles. The molecule has 0 fully saturated rings. The van der Waals surface area contributed by atoms with Gasteiger partial charge in [-0.15, -0.1) is 0 Å². The highest BCUT2D eigenvalue weighted by Crippen LogP contribution is 2.22. The van der Waals surface area contributed by atoms with Gasteiger partial charge in [-0.1, -0.05) is 20.3 Å². The van der Waals surface area contributed by atoms with Gasteiger partial charge in [-0.05, 0) is 20.3 Å². The molecule has 1 atom stereocenters. The predicted molar refractivity (Wildman–Crippen MR) is 62.9 cm³/mol. The molecule has 3 heteroatoms. The molecule has 0 spiro atoms. The van der Waals surface area contributed by atoms with Gasteiger partial charge in [0.05, 0.1) is 6.61 Å². The van der Waals surface area contributed by atoms with Crippen LogP contribution in [0.5, 0.6) is 0 Å². The van der Waals surface area contributed by atoms with E-state index in [0.717, 1.165) is 25.7 Å². The molecule has 0 bridgehead atoms. The fourth-order valence-corrected chi connectivity index (χ4v) is 1.86. The first-order valence-electron chi connectivity index (χ1n) is 5.80. The average Bonchev–Trinajstić information content (AvgIpc) is 2.17. The SMILES string of the molecule is CCCC(C)(C=O)CN(CCO)C(C)C. The summed E-state index contributed by atoms with van der Waals surface area (Å²) in [5, 5.41) is 8.96. The van der Waals surface area contributed by atoms with Crippen molar-refractivity contribution in [3.8, 4) is 0 Å². The van der Waals surface area contributed by atoms with E-state index >= 15 is 0 Å². The second-order valence-corrected chi connectivity index (χ2v) is 4.81. The van der Waals surface area contributed by atoms with Crippen LogP contribution in [0.25, 0.3) is 0 Å². The van der Waals surface area contributed by atoms with Gasteiger partial charge in [-0.25, -0.2) is 0 Å². The van der Waals surface area contributed by atoms with Crippen LogP contribution in [0, 0.1) is 5.41 Å². The van der Waals surface area contributed by atoms with Gasteiger partial charge in [0.1, 0.15) is 6.29 Å². The van der Waals surface area contributed by atoms with Crippen molar-refractivity contribution in [2.24, 2.45) is 5.41 Å². The summed E-state index contributed by atoms with van der Waals surface area (Å²) in [5.41, 5.74) is -0.270. The Labute approximate surface area is 93.5 Å². The molecule has 0 aliphatic heterocycles. The quantitative estimate of drug-likeness (QED) is 0.626. The number of carbonyl (C=O) groups is 1. The van der Waals surface area contributed by atoms with Gasteiger partial charge in [-0.3, -0.25) is 4.90 Å². The molecular formula is C12H25NO2. The minimum atomic E-state index is -0.270. The standard InChI is InChI=1S/C12H25NO2/c1-5-6-12(4,10-15)9-13(7-8-14)11(2)3/h10-11,14H,5-9H2,1-4H3. The topological polar surface area (TPSA) is 40.5 Å². The maximum absolute atomic E-state index is 11.1. The van der Waals surface area contributed by atoms with Crippen LogP contribution in [0.1, 0.15) is 40.5 Å². The summed E-state index contributed by atoms with van der Waals surface area (Å²) in [6.07, 6.45) is 2.98. The summed E-state index contributed by atoms with van der Waals surface area (Å²) < 4.78 is 0. The van der Waals surface area contributed by atoms with E-state index in [4.69, 9.17) is 5.11 Å². The van der Waals surface area contributed by atoms with E-state index in [9.17, 15) is 4.79 Å². The Bertz CT molecular complexity index is 182. The summed E-state index contributed by atoms with van der Waals surface area (Å²) in [6.45, 7) is 9.80. The van der Waals surface area contributed by atoms with Crippen molar-refractivity contribution in [2.45, 2.75) is 46.6 Å². The highest BCUT2D eigenvalue weighted by Gasteiger charge is 2.26. The lowest BCUT2D eigenvalue weighted by molar-refractivity contribution is -0.117. The van der Waals surface area contributed by atoms with E-state index in [2.05, 4.69) is 25.7 Å². The van der Waals surface area contributed by atoms with Crippen molar-refractivity contribution >= 4 is 6.29 Å². The maximum Gasteiger partial charge on any atom is 0.127 e. The zero-order chi connectivity index (χ0) is 11.9. The number of aliphatic hydroxyl groups excluding tert-OH is 1. The van der Waals surface area contributed by atoms with E-state index in [1.807, 2.05) is 6.92 Å². The molecule has 0 saturated heterocycles.